The normalized spacial score (nSPS) is 9.50. The summed E-state index contributed by atoms with van der Waals surface area (Å²) in [6.45, 7) is 0. The molecule has 1 aromatic rings. The fourth-order valence-electron chi connectivity index (χ4n) is 0.812. The fraction of sp³-hybridized carbons (Fsp3) is 0. The molecule has 0 fully saturated rings. The first-order valence-corrected chi connectivity index (χ1v) is 4.36. The van der Waals surface area contributed by atoms with Crippen LogP contribution in [0.2, 0.25) is 0 Å². The number of hydrogen-bond acceptors (Lipinski definition) is 3. The van der Waals surface area contributed by atoms with Crippen molar-refractivity contribution < 1.29 is 14.0 Å². The monoisotopic (exact) mass is 258 g/mol. The van der Waals surface area contributed by atoms with Gasteiger partial charge in [0.25, 0.3) is 11.8 Å². The Kier molecular flexibility index (Phi) is 3.08. The van der Waals surface area contributed by atoms with Gasteiger partial charge in [0.05, 0.1) is 0 Å². The number of halogens is 1. The molecular formula is C8H7BrN2O3. The van der Waals surface area contributed by atoms with Crippen molar-refractivity contribution in [3.8, 4) is 0 Å². The summed E-state index contributed by atoms with van der Waals surface area (Å²) in [6, 6.07) is 3.18. The quantitative estimate of drug-likeness (QED) is 0.466. The van der Waals surface area contributed by atoms with E-state index in [1.807, 2.05) is 0 Å². The van der Waals surface area contributed by atoms with Crippen molar-refractivity contribution in [1.82, 2.24) is 0 Å². The van der Waals surface area contributed by atoms with E-state index < -0.39 is 11.8 Å². The lowest BCUT2D eigenvalue weighted by Gasteiger charge is -1.95. The molecule has 0 aliphatic carbocycles. The van der Waals surface area contributed by atoms with E-state index in [4.69, 9.17) is 15.9 Å². The fourth-order valence-corrected chi connectivity index (χ4v) is 1.13. The molecule has 0 aliphatic rings. The van der Waals surface area contributed by atoms with Crippen LogP contribution >= 0.6 is 15.9 Å². The Balaban J connectivity index is 3.05. The molecule has 1 aromatic heterocycles. The van der Waals surface area contributed by atoms with Crippen LogP contribution in [0.25, 0.3) is 6.08 Å². The molecule has 1 rings (SSSR count). The van der Waals surface area contributed by atoms with Crippen molar-refractivity contribution in [2.24, 2.45) is 11.5 Å². The molecule has 6 heteroatoms. The number of hydrogen-bond donors (Lipinski definition) is 2. The minimum absolute atomic E-state index is 0.299. The maximum absolute atomic E-state index is 10.8. The Morgan fingerprint density at radius 2 is 1.86 bits per heavy atom. The zero-order valence-corrected chi connectivity index (χ0v) is 8.58. The number of rotatable bonds is 3. The molecule has 1 heterocycles. The molecule has 4 N–H and O–H groups in total. The first kappa shape index (κ1) is 10.5. The predicted octanol–water partition coefficient (Wildman–Crippen LogP) is 0.396. The van der Waals surface area contributed by atoms with Gasteiger partial charge in [0.15, 0.2) is 4.67 Å². The molecule has 0 aromatic carbocycles. The number of carbonyl (C=O) groups excluding carboxylic acids is 2. The van der Waals surface area contributed by atoms with E-state index in [9.17, 15) is 9.59 Å². The van der Waals surface area contributed by atoms with Gasteiger partial charge in [0, 0.05) is 0 Å². The van der Waals surface area contributed by atoms with Crippen LogP contribution in [-0.2, 0) is 9.59 Å². The molecular weight excluding hydrogens is 252 g/mol. The van der Waals surface area contributed by atoms with Crippen molar-refractivity contribution in [1.29, 1.82) is 0 Å². The van der Waals surface area contributed by atoms with E-state index in [0.29, 0.717) is 10.4 Å². The van der Waals surface area contributed by atoms with Gasteiger partial charge in [-0.3, -0.25) is 9.59 Å². The lowest BCUT2D eigenvalue weighted by atomic mass is 10.2. The first-order valence-electron chi connectivity index (χ1n) is 3.57. The maximum Gasteiger partial charge on any atom is 0.254 e. The van der Waals surface area contributed by atoms with Gasteiger partial charge in [-0.1, -0.05) is 0 Å². The number of carbonyl (C=O) groups is 2. The van der Waals surface area contributed by atoms with E-state index in [-0.39, 0.29) is 5.57 Å². The lowest BCUT2D eigenvalue weighted by Crippen LogP contribution is -2.25. The second-order valence-electron chi connectivity index (χ2n) is 2.43. The highest BCUT2D eigenvalue weighted by molar-refractivity contribution is 9.10. The largest absolute Gasteiger partial charge is 0.450 e. The molecule has 0 spiro atoms. The molecule has 0 radical (unpaired) electrons. The van der Waals surface area contributed by atoms with Crippen LogP contribution in [0.5, 0.6) is 0 Å². The van der Waals surface area contributed by atoms with Crippen LogP contribution < -0.4 is 11.5 Å². The smallest absolute Gasteiger partial charge is 0.254 e. The van der Waals surface area contributed by atoms with Crippen LogP contribution in [0.1, 0.15) is 5.76 Å². The van der Waals surface area contributed by atoms with Crippen molar-refractivity contribution >= 4 is 33.8 Å². The number of furan rings is 1. The molecule has 0 saturated carbocycles. The number of nitrogens with two attached hydrogens (primary N) is 2. The van der Waals surface area contributed by atoms with E-state index in [0.717, 1.165) is 0 Å². The van der Waals surface area contributed by atoms with Crippen molar-refractivity contribution in [2.75, 3.05) is 0 Å². The van der Waals surface area contributed by atoms with E-state index in [2.05, 4.69) is 15.9 Å². The Labute approximate surface area is 87.9 Å². The van der Waals surface area contributed by atoms with Gasteiger partial charge < -0.3 is 15.9 Å². The van der Waals surface area contributed by atoms with Gasteiger partial charge in [-0.2, -0.15) is 0 Å². The van der Waals surface area contributed by atoms with Gasteiger partial charge in [0.2, 0.25) is 0 Å². The lowest BCUT2D eigenvalue weighted by molar-refractivity contribution is -0.120. The molecule has 0 bridgehead atoms. The molecule has 74 valence electrons. The molecule has 0 aliphatic heterocycles. The first-order chi connectivity index (χ1) is 6.50. The summed E-state index contributed by atoms with van der Waals surface area (Å²) < 4.78 is 5.52. The molecule has 0 atom stereocenters. The summed E-state index contributed by atoms with van der Waals surface area (Å²) in [4.78, 5) is 21.5. The summed E-state index contributed by atoms with van der Waals surface area (Å²) in [5, 5.41) is 0. The van der Waals surface area contributed by atoms with Crippen LogP contribution in [0, 0.1) is 0 Å². The second-order valence-corrected chi connectivity index (χ2v) is 3.21. The topological polar surface area (TPSA) is 99.3 Å². The summed E-state index contributed by atoms with van der Waals surface area (Å²) in [6.07, 6.45) is 1.19. The number of amides is 2. The SMILES string of the molecule is NC(=O)C(=Cc1ccc(Br)o1)C(N)=O. The predicted molar refractivity (Wildman–Crippen MR) is 52.8 cm³/mol. The standard InChI is InChI=1S/C8H7BrN2O3/c9-6-2-1-4(14-6)3-5(7(10)12)8(11)13/h1-3H,(H2,10,12)(H2,11,13). The highest BCUT2D eigenvalue weighted by atomic mass is 79.9. The van der Waals surface area contributed by atoms with Crippen molar-refractivity contribution in [2.45, 2.75) is 0 Å². The van der Waals surface area contributed by atoms with Gasteiger partial charge >= 0.3 is 0 Å². The average Bonchev–Trinajstić information content (AvgIpc) is 2.46. The Hall–Kier alpha value is -1.56. The highest BCUT2D eigenvalue weighted by Gasteiger charge is 2.12. The van der Waals surface area contributed by atoms with Crippen LogP contribution in [0.4, 0.5) is 0 Å². The summed E-state index contributed by atoms with van der Waals surface area (Å²) in [5.74, 6) is -1.44. The minimum Gasteiger partial charge on any atom is -0.450 e. The summed E-state index contributed by atoms with van der Waals surface area (Å²) >= 11 is 3.07. The van der Waals surface area contributed by atoms with E-state index >= 15 is 0 Å². The third-order valence-corrected chi connectivity index (χ3v) is 1.84. The second kappa shape index (κ2) is 4.10. The third kappa shape index (κ3) is 2.46. The molecule has 14 heavy (non-hydrogen) atoms. The van der Waals surface area contributed by atoms with E-state index in [1.165, 1.54) is 6.08 Å². The Morgan fingerprint density at radius 1 is 1.29 bits per heavy atom. The van der Waals surface area contributed by atoms with Crippen molar-refractivity contribution in [3.05, 3.63) is 28.1 Å². The van der Waals surface area contributed by atoms with Gasteiger partial charge in [-0.05, 0) is 34.1 Å². The molecule has 0 unspecified atom stereocenters. The third-order valence-electron chi connectivity index (χ3n) is 1.41. The minimum atomic E-state index is -0.884. The van der Waals surface area contributed by atoms with E-state index in [1.54, 1.807) is 12.1 Å². The van der Waals surface area contributed by atoms with Gasteiger partial charge in [-0.15, -0.1) is 0 Å². The summed E-state index contributed by atoms with van der Waals surface area (Å²) in [5.41, 5.74) is 9.56. The van der Waals surface area contributed by atoms with Gasteiger partial charge in [-0.25, -0.2) is 0 Å². The van der Waals surface area contributed by atoms with Gasteiger partial charge in [0.1, 0.15) is 11.3 Å². The summed E-state index contributed by atoms with van der Waals surface area (Å²) in [7, 11) is 0. The Morgan fingerprint density at radius 3 is 2.21 bits per heavy atom. The van der Waals surface area contributed by atoms with Crippen LogP contribution in [0.3, 0.4) is 0 Å². The van der Waals surface area contributed by atoms with Crippen LogP contribution in [-0.4, -0.2) is 11.8 Å². The Bertz CT molecular complexity index is 392. The highest BCUT2D eigenvalue weighted by Crippen LogP contribution is 2.16. The molecule has 2 amide bonds. The molecule has 0 saturated heterocycles. The average molecular weight is 259 g/mol. The zero-order chi connectivity index (χ0) is 10.7. The van der Waals surface area contributed by atoms with Crippen molar-refractivity contribution in [3.63, 3.8) is 0 Å². The zero-order valence-electron chi connectivity index (χ0n) is 6.99. The maximum atomic E-state index is 10.8. The molecule has 5 nitrogen and oxygen atoms in total. The van der Waals surface area contributed by atoms with Crippen LogP contribution in [0.15, 0.2) is 26.8 Å². The number of primary amides is 2.